The van der Waals surface area contributed by atoms with E-state index in [2.05, 4.69) is 39.0 Å². The lowest BCUT2D eigenvalue weighted by molar-refractivity contribution is 0.596. The maximum Gasteiger partial charge on any atom is 0.195 e. The monoisotopic (exact) mass is 304 g/mol. The molecule has 0 saturated carbocycles. The van der Waals surface area contributed by atoms with Crippen LogP contribution in [0.5, 0.6) is 0 Å². The number of aromatic nitrogens is 6. The molecule has 6 nitrogen and oxygen atoms in total. The highest BCUT2D eigenvalue weighted by molar-refractivity contribution is 7.71. The highest BCUT2D eigenvalue weighted by atomic mass is 32.1. The van der Waals surface area contributed by atoms with Crippen LogP contribution >= 0.6 is 23.6 Å². The summed E-state index contributed by atoms with van der Waals surface area (Å²) in [6.07, 6.45) is 4.99. The van der Waals surface area contributed by atoms with Crippen LogP contribution in [-0.4, -0.2) is 29.7 Å². The van der Waals surface area contributed by atoms with Crippen LogP contribution in [0.25, 0.3) is 22.2 Å². The molecule has 0 fully saturated rings. The van der Waals surface area contributed by atoms with Crippen LogP contribution in [0.2, 0.25) is 0 Å². The fourth-order valence-electron chi connectivity index (χ4n) is 1.87. The smallest absolute Gasteiger partial charge is 0.195 e. The lowest BCUT2D eigenvalue weighted by Gasteiger charge is -2.08. The van der Waals surface area contributed by atoms with Gasteiger partial charge in [0, 0.05) is 23.8 Å². The summed E-state index contributed by atoms with van der Waals surface area (Å²) in [4.78, 5) is 12.9. The topological polar surface area (TPSA) is 72.3 Å². The van der Waals surface area contributed by atoms with Gasteiger partial charge in [0.1, 0.15) is 16.4 Å². The minimum Gasteiger partial charge on any atom is -0.296 e. The molecule has 3 heterocycles. The first-order chi connectivity index (χ1) is 9.66. The SMILES string of the molecule is CC(C)n1c(-c2csc(-c3cnccn3)n2)n[nH]c1=S. The number of aromatic amines is 1. The lowest BCUT2D eigenvalue weighted by atomic mass is 10.3. The fourth-order valence-corrected chi connectivity index (χ4v) is 2.97. The molecule has 0 aliphatic rings. The van der Waals surface area contributed by atoms with Gasteiger partial charge in [-0.1, -0.05) is 0 Å². The van der Waals surface area contributed by atoms with Gasteiger partial charge in [0.25, 0.3) is 0 Å². The van der Waals surface area contributed by atoms with Gasteiger partial charge >= 0.3 is 0 Å². The normalized spacial score (nSPS) is 11.2. The zero-order chi connectivity index (χ0) is 14.1. The van der Waals surface area contributed by atoms with Crippen molar-refractivity contribution < 1.29 is 0 Å². The van der Waals surface area contributed by atoms with Gasteiger partial charge in [-0.05, 0) is 26.1 Å². The second kappa shape index (κ2) is 5.22. The van der Waals surface area contributed by atoms with Gasteiger partial charge in [-0.2, -0.15) is 5.10 Å². The Morgan fingerprint density at radius 3 is 2.85 bits per heavy atom. The number of hydrogen-bond donors (Lipinski definition) is 1. The van der Waals surface area contributed by atoms with Crippen molar-refractivity contribution in [2.45, 2.75) is 19.9 Å². The Morgan fingerprint density at radius 1 is 1.30 bits per heavy atom. The first kappa shape index (κ1) is 13.1. The molecule has 3 aromatic rings. The van der Waals surface area contributed by atoms with E-state index in [-0.39, 0.29) is 6.04 Å². The van der Waals surface area contributed by atoms with Crippen LogP contribution in [0.1, 0.15) is 19.9 Å². The molecule has 3 aromatic heterocycles. The predicted octanol–water partition coefficient (Wildman–Crippen LogP) is 3.10. The average Bonchev–Trinajstić information content (AvgIpc) is 3.05. The maximum atomic E-state index is 5.25. The van der Waals surface area contributed by atoms with Crippen LogP contribution in [-0.2, 0) is 0 Å². The average molecular weight is 304 g/mol. The molecule has 8 heteroatoms. The Balaban J connectivity index is 2.05. The molecule has 0 radical (unpaired) electrons. The van der Waals surface area contributed by atoms with Crippen molar-refractivity contribution >= 4 is 23.6 Å². The summed E-state index contributed by atoms with van der Waals surface area (Å²) in [7, 11) is 0. The predicted molar refractivity (Wildman–Crippen MR) is 79.9 cm³/mol. The molecule has 3 rings (SSSR count). The van der Waals surface area contributed by atoms with E-state index in [0.29, 0.717) is 4.77 Å². The Morgan fingerprint density at radius 2 is 2.15 bits per heavy atom. The molecule has 0 amide bonds. The third kappa shape index (κ3) is 2.27. The summed E-state index contributed by atoms with van der Waals surface area (Å²) in [6, 6.07) is 0.220. The summed E-state index contributed by atoms with van der Waals surface area (Å²) in [6.45, 7) is 4.12. The summed E-state index contributed by atoms with van der Waals surface area (Å²) in [5, 5.41) is 9.86. The molecule has 0 aromatic carbocycles. The molecule has 0 spiro atoms. The fraction of sp³-hybridized carbons (Fsp3) is 0.250. The van der Waals surface area contributed by atoms with Crippen molar-refractivity contribution in [3.63, 3.8) is 0 Å². The number of thiazole rings is 1. The van der Waals surface area contributed by atoms with Gasteiger partial charge in [-0.25, -0.2) is 4.98 Å². The van der Waals surface area contributed by atoms with Crippen molar-refractivity contribution in [3.05, 3.63) is 28.7 Å². The van der Waals surface area contributed by atoms with Gasteiger partial charge in [0.2, 0.25) is 0 Å². The van der Waals surface area contributed by atoms with Gasteiger partial charge in [-0.3, -0.25) is 19.6 Å². The summed E-state index contributed by atoms with van der Waals surface area (Å²) in [5.74, 6) is 0.747. The molecule has 0 bridgehead atoms. The van der Waals surface area contributed by atoms with E-state index in [1.807, 2.05) is 9.95 Å². The molecule has 102 valence electrons. The summed E-state index contributed by atoms with van der Waals surface area (Å²) >= 11 is 6.76. The molecule has 0 aliphatic carbocycles. The van der Waals surface area contributed by atoms with E-state index in [0.717, 1.165) is 22.2 Å². The van der Waals surface area contributed by atoms with Crippen molar-refractivity contribution in [3.8, 4) is 22.2 Å². The minimum absolute atomic E-state index is 0.220. The van der Waals surface area contributed by atoms with Crippen LogP contribution in [0.4, 0.5) is 0 Å². The number of nitrogens with zero attached hydrogens (tertiary/aromatic N) is 5. The van der Waals surface area contributed by atoms with Crippen LogP contribution in [0.15, 0.2) is 24.0 Å². The second-order valence-corrected chi connectivity index (χ2v) is 5.69. The number of H-pyrrole nitrogens is 1. The summed E-state index contributed by atoms with van der Waals surface area (Å²) < 4.78 is 2.55. The van der Waals surface area contributed by atoms with Crippen molar-refractivity contribution in [2.24, 2.45) is 0 Å². The zero-order valence-corrected chi connectivity index (χ0v) is 12.6. The Bertz CT molecular complexity index is 771. The van der Waals surface area contributed by atoms with Crippen LogP contribution in [0, 0.1) is 4.77 Å². The molecule has 0 aliphatic heterocycles. The first-order valence-electron chi connectivity index (χ1n) is 6.06. The standard InChI is InChI=1S/C12H12N6S2/c1-7(2)18-10(16-17-12(18)19)9-6-20-11(15-9)8-5-13-3-4-14-8/h3-7H,1-2H3,(H,17,19). The number of hydrogen-bond acceptors (Lipinski definition) is 6. The van der Waals surface area contributed by atoms with E-state index in [1.165, 1.54) is 11.3 Å². The van der Waals surface area contributed by atoms with Crippen molar-refractivity contribution in [2.75, 3.05) is 0 Å². The van der Waals surface area contributed by atoms with E-state index in [9.17, 15) is 0 Å². The van der Waals surface area contributed by atoms with Gasteiger partial charge in [0.05, 0.1) is 6.20 Å². The Labute approximate surface area is 124 Å². The third-order valence-electron chi connectivity index (χ3n) is 2.74. The Hall–Kier alpha value is -1.93. The molecule has 0 atom stereocenters. The molecule has 0 saturated heterocycles. The second-order valence-electron chi connectivity index (χ2n) is 4.44. The van der Waals surface area contributed by atoms with Crippen LogP contribution < -0.4 is 0 Å². The van der Waals surface area contributed by atoms with Gasteiger partial charge in [-0.15, -0.1) is 11.3 Å². The summed E-state index contributed by atoms with van der Waals surface area (Å²) in [5.41, 5.74) is 1.55. The lowest BCUT2D eigenvalue weighted by Crippen LogP contribution is -2.03. The third-order valence-corrected chi connectivity index (χ3v) is 3.89. The zero-order valence-electron chi connectivity index (χ0n) is 10.9. The molecular formula is C12H12N6S2. The van der Waals surface area contributed by atoms with Crippen molar-refractivity contribution in [1.82, 2.24) is 29.7 Å². The van der Waals surface area contributed by atoms with Gasteiger partial charge in [0.15, 0.2) is 10.6 Å². The quantitative estimate of drug-likeness (QED) is 0.753. The highest BCUT2D eigenvalue weighted by Crippen LogP contribution is 2.27. The maximum absolute atomic E-state index is 5.25. The van der Waals surface area contributed by atoms with Crippen LogP contribution in [0.3, 0.4) is 0 Å². The minimum atomic E-state index is 0.220. The highest BCUT2D eigenvalue weighted by Gasteiger charge is 2.15. The molecule has 20 heavy (non-hydrogen) atoms. The molecular weight excluding hydrogens is 292 g/mol. The van der Waals surface area contributed by atoms with E-state index in [4.69, 9.17) is 12.2 Å². The molecule has 1 N–H and O–H groups in total. The molecule has 0 unspecified atom stereocenters. The number of rotatable bonds is 3. The largest absolute Gasteiger partial charge is 0.296 e. The van der Waals surface area contributed by atoms with Gasteiger partial charge < -0.3 is 0 Å². The first-order valence-corrected chi connectivity index (χ1v) is 7.35. The van der Waals surface area contributed by atoms with Crippen molar-refractivity contribution in [1.29, 1.82) is 0 Å². The van der Waals surface area contributed by atoms with E-state index >= 15 is 0 Å². The van der Waals surface area contributed by atoms with E-state index < -0.39 is 0 Å². The Kier molecular flexibility index (Phi) is 3.41. The number of nitrogens with one attached hydrogen (secondary N) is 1. The van der Waals surface area contributed by atoms with E-state index in [1.54, 1.807) is 18.6 Å².